The van der Waals surface area contributed by atoms with E-state index in [1.54, 1.807) is 36.0 Å². The molecule has 1 fully saturated rings. The van der Waals surface area contributed by atoms with Crippen LogP contribution in [0.4, 0.5) is 19.1 Å². The van der Waals surface area contributed by atoms with E-state index in [2.05, 4.69) is 25.4 Å². The number of aromatic nitrogens is 6. The maximum Gasteiger partial charge on any atom is 0.256 e. The van der Waals surface area contributed by atoms with Crippen LogP contribution in [0.25, 0.3) is 27.9 Å². The lowest BCUT2D eigenvalue weighted by molar-refractivity contribution is 0.0782. The maximum atomic E-state index is 14.2. The smallest absolute Gasteiger partial charge is 0.256 e. The fourth-order valence-electron chi connectivity index (χ4n) is 3.79. The SMILES string of the molecule is Cc1nc2ccc(-c3ccn4nc(NCC5(F)CCC5)ncc34)nc2n1CC(F)F. The highest BCUT2D eigenvalue weighted by molar-refractivity contribution is 5.82. The third-order valence-corrected chi connectivity index (χ3v) is 5.61. The van der Waals surface area contributed by atoms with Crippen LogP contribution in [-0.4, -0.2) is 47.8 Å². The predicted octanol–water partition coefficient (Wildman–Crippen LogP) is 4.02. The summed E-state index contributed by atoms with van der Waals surface area (Å²) in [4.78, 5) is 13.2. The minimum absolute atomic E-state index is 0.193. The van der Waals surface area contributed by atoms with E-state index < -0.39 is 18.6 Å². The Morgan fingerprint density at radius 2 is 2.03 bits per heavy atom. The molecule has 4 heterocycles. The number of halogens is 3. The molecule has 0 amide bonds. The summed E-state index contributed by atoms with van der Waals surface area (Å²) in [7, 11) is 0. The molecule has 0 bridgehead atoms. The van der Waals surface area contributed by atoms with Crippen molar-refractivity contribution in [1.82, 2.24) is 29.1 Å². The van der Waals surface area contributed by atoms with Crippen molar-refractivity contribution >= 4 is 22.6 Å². The molecule has 4 aromatic rings. The van der Waals surface area contributed by atoms with E-state index in [0.29, 0.717) is 47.0 Å². The molecule has 10 heteroatoms. The van der Waals surface area contributed by atoms with Gasteiger partial charge in [0.05, 0.1) is 30.5 Å². The average molecular weight is 415 g/mol. The Morgan fingerprint density at radius 1 is 1.20 bits per heavy atom. The van der Waals surface area contributed by atoms with E-state index in [-0.39, 0.29) is 6.54 Å². The zero-order valence-corrected chi connectivity index (χ0v) is 16.3. The third kappa shape index (κ3) is 3.25. The standard InChI is InChI=1S/C20H20F3N7/c1-12-26-15-4-3-14(27-18(15)29(12)10-17(21)22)13-5-8-30-16(13)9-24-19(28-30)25-11-20(23)6-2-7-20/h3-5,8-9,17H,2,6-7,10-11H2,1H3,(H,25,28). The fourth-order valence-corrected chi connectivity index (χ4v) is 3.79. The number of imidazole rings is 1. The van der Waals surface area contributed by atoms with Gasteiger partial charge in [0, 0.05) is 11.8 Å². The van der Waals surface area contributed by atoms with Crippen LogP contribution in [0.5, 0.6) is 0 Å². The first kappa shape index (κ1) is 18.8. The van der Waals surface area contributed by atoms with Crippen LogP contribution in [0.3, 0.4) is 0 Å². The molecule has 156 valence electrons. The molecule has 0 radical (unpaired) electrons. The highest BCUT2D eigenvalue weighted by Crippen LogP contribution is 2.35. The van der Waals surface area contributed by atoms with Crippen LogP contribution in [0.2, 0.25) is 0 Å². The van der Waals surface area contributed by atoms with E-state index >= 15 is 0 Å². The van der Waals surface area contributed by atoms with Gasteiger partial charge in [0.1, 0.15) is 17.0 Å². The summed E-state index contributed by atoms with van der Waals surface area (Å²) in [5.74, 6) is 0.843. The first-order valence-corrected chi connectivity index (χ1v) is 9.81. The minimum atomic E-state index is -2.50. The van der Waals surface area contributed by atoms with E-state index in [4.69, 9.17) is 0 Å². The molecular weight excluding hydrogens is 395 g/mol. The van der Waals surface area contributed by atoms with Crippen LogP contribution in [-0.2, 0) is 6.54 Å². The second-order valence-corrected chi connectivity index (χ2v) is 7.70. The molecule has 0 atom stereocenters. The van der Waals surface area contributed by atoms with E-state index in [9.17, 15) is 13.2 Å². The first-order valence-electron chi connectivity index (χ1n) is 9.81. The van der Waals surface area contributed by atoms with Crippen molar-refractivity contribution in [3.63, 3.8) is 0 Å². The summed E-state index contributed by atoms with van der Waals surface area (Å²) >= 11 is 0. The number of nitrogens with zero attached hydrogens (tertiary/aromatic N) is 6. The first-order chi connectivity index (χ1) is 14.4. The number of hydrogen-bond donors (Lipinski definition) is 1. The topological polar surface area (TPSA) is 72.9 Å². The molecule has 0 unspecified atom stereocenters. The highest BCUT2D eigenvalue weighted by atomic mass is 19.3. The average Bonchev–Trinajstić information content (AvgIpc) is 3.25. The number of fused-ring (bicyclic) bond motifs is 2. The van der Waals surface area contributed by atoms with Gasteiger partial charge in [-0.1, -0.05) is 0 Å². The molecule has 0 saturated heterocycles. The summed E-state index contributed by atoms with van der Waals surface area (Å²) in [5, 5.41) is 7.35. The Kier molecular flexibility index (Phi) is 4.37. The Labute approximate surface area is 170 Å². The molecule has 1 aliphatic rings. The van der Waals surface area contributed by atoms with E-state index in [1.165, 1.54) is 4.57 Å². The minimum Gasteiger partial charge on any atom is -0.350 e. The lowest BCUT2D eigenvalue weighted by Gasteiger charge is -2.33. The van der Waals surface area contributed by atoms with Crippen molar-refractivity contribution in [3.8, 4) is 11.3 Å². The lowest BCUT2D eigenvalue weighted by Crippen LogP contribution is -2.39. The summed E-state index contributed by atoms with van der Waals surface area (Å²) in [6, 6.07) is 5.41. The largest absolute Gasteiger partial charge is 0.350 e. The van der Waals surface area contributed by atoms with Gasteiger partial charge in [-0.05, 0) is 44.4 Å². The van der Waals surface area contributed by atoms with Crippen LogP contribution >= 0.6 is 0 Å². The Hall–Kier alpha value is -3.17. The lowest BCUT2D eigenvalue weighted by atomic mass is 9.82. The molecule has 0 spiro atoms. The number of rotatable bonds is 6. The summed E-state index contributed by atoms with van der Waals surface area (Å²) in [6.45, 7) is 1.42. The van der Waals surface area contributed by atoms with Crippen molar-refractivity contribution in [2.24, 2.45) is 0 Å². The Bertz CT molecular complexity index is 1230. The Morgan fingerprint density at radius 3 is 2.77 bits per heavy atom. The normalized spacial score (nSPS) is 15.8. The van der Waals surface area contributed by atoms with Gasteiger partial charge in [0.15, 0.2) is 5.65 Å². The maximum absolute atomic E-state index is 14.2. The van der Waals surface area contributed by atoms with Crippen molar-refractivity contribution in [2.75, 3.05) is 11.9 Å². The van der Waals surface area contributed by atoms with Crippen LogP contribution in [0.15, 0.2) is 30.6 Å². The van der Waals surface area contributed by atoms with E-state index in [1.807, 2.05) is 6.07 Å². The van der Waals surface area contributed by atoms with Crippen LogP contribution < -0.4 is 5.32 Å². The van der Waals surface area contributed by atoms with Crippen molar-refractivity contribution in [1.29, 1.82) is 0 Å². The van der Waals surface area contributed by atoms with Gasteiger partial charge >= 0.3 is 0 Å². The predicted molar refractivity (Wildman–Crippen MR) is 106 cm³/mol. The number of aryl methyl sites for hydroxylation is 1. The summed E-state index contributed by atoms with van der Waals surface area (Å²) in [6.07, 6.45) is 2.94. The second-order valence-electron chi connectivity index (χ2n) is 7.70. The van der Waals surface area contributed by atoms with Gasteiger partial charge in [-0.2, -0.15) is 0 Å². The van der Waals surface area contributed by atoms with Gasteiger partial charge in [0.25, 0.3) is 6.43 Å². The molecule has 4 aromatic heterocycles. The second kappa shape index (κ2) is 6.96. The molecule has 5 rings (SSSR count). The van der Waals surface area contributed by atoms with Gasteiger partial charge < -0.3 is 9.88 Å². The van der Waals surface area contributed by atoms with Crippen LogP contribution in [0, 0.1) is 6.92 Å². The van der Waals surface area contributed by atoms with Gasteiger partial charge in [-0.3, -0.25) is 0 Å². The molecule has 1 aliphatic carbocycles. The van der Waals surface area contributed by atoms with Crippen molar-refractivity contribution in [2.45, 2.75) is 44.8 Å². The molecular formula is C20H20F3N7. The molecule has 0 aromatic carbocycles. The highest BCUT2D eigenvalue weighted by Gasteiger charge is 2.36. The fraction of sp³-hybridized carbons (Fsp3) is 0.400. The monoisotopic (exact) mass is 415 g/mol. The summed E-state index contributed by atoms with van der Waals surface area (Å²) < 4.78 is 43.2. The zero-order valence-electron chi connectivity index (χ0n) is 16.3. The number of pyridine rings is 1. The molecule has 1 saturated carbocycles. The zero-order chi connectivity index (χ0) is 20.9. The third-order valence-electron chi connectivity index (χ3n) is 5.61. The van der Waals surface area contributed by atoms with Gasteiger partial charge in [-0.25, -0.2) is 32.6 Å². The molecule has 0 aliphatic heterocycles. The number of anilines is 1. The Balaban J connectivity index is 1.47. The van der Waals surface area contributed by atoms with Crippen molar-refractivity contribution in [3.05, 3.63) is 36.4 Å². The van der Waals surface area contributed by atoms with E-state index in [0.717, 1.165) is 12.0 Å². The quantitative estimate of drug-likeness (QED) is 0.515. The van der Waals surface area contributed by atoms with Crippen molar-refractivity contribution < 1.29 is 13.2 Å². The number of hydrogen-bond acceptors (Lipinski definition) is 5. The number of alkyl halides is 3. The molecule has 1 N–H and O–H groups in total. The summed E-state index contributed by atoms with van der Waals surface area (Å²) in [5.41, 5.74) is 1.91. The van der Waals surface area contributed by atoms with Crippen LogP contribution in [0.1, 0.15) is 25.1 Å². The molecule has 30 heavy (non-hydrogen) atoms. The van der Waals surface area contributed by atoms with Gasteiger partial charge in [-0.15, -0.1) is 5.10 Å². The van der Waals surface area contributed by atoms with Gasteiger partial charge in [0.2, 0.25) is 5.95 Å². The molecule has 7 nitrogen and oxygen atoms in total. The number of nitrogens with one attached hydrogen (secondary N) is 1.